The van der Waals surface area contributed by atoms with Gasteiger partial charge in [-0.2, -0.15) is 0 Å². The number of carbonyl (C=O) groups is 1. The molecule has 2 aliphatic heterocycles. The first-order valence-corrected chi connectivity index (χ1v) is 8.94. The second kappa shape index (κ2) is 6.63. The molecule has 1 aromatic carbocycles. The number of fused-ring (bicyclic) bond motifs is 1. The summed E-state index contributed by atoms with van der Waals surface area (Å²) in [6.45, 7) is 2.92. The molecule has 0 aliphatic carbocycles. The zero-order valence-corrected chi connectivity index (χ0v) is 13.9. The molecule has 0 unspecified atom stereocenters. The number of hydrogen-bond acceptors (Lipinski definition) is 3. The molecule has 2 aromatic rings. The Bertz CT molecular complexity index is 737. The van der Waals surface area contributed by atoms with Gasteiger partial charge < -0.3 is 9.80 Å². The largest absolute Gasteiger partial charge is 0.371 e. The summed E-state index contributed by atoms with van der Waals surface area (Å²) in [6.07, 6.45) is 7.58. The molecule has 3 heterocycles. The summed E-state index contributed by atoms with van der Waals surface area (Å²) in [5.41, 5.74) is 3.97. The van der Waals surface area contributed by atoms with Crippen molar-refractivity contribution in [2.75, 3.05) is 29.4 Å². The fourth-order valence-electron chi connectivity index (χ4n) is 3.77. The van der Waals surface area contributed by atoms with Crippen LogP contribution in [0.4, 0.5) is 11.4 Å². The quantitative estimate of drug-likeness (QED) is 0.847. The number of amides is 1. The van der Waals surface area contributed by atoms with Gasteiger partial charge in [0, 0.05) is 37.2 Å². The van der Waals surface area contributed by atoms with Crippen LogP contribution in [-0.4, -0.2) is 30.5 Å². The van der Waals surface area contributed by atoms with E-state index in [9.17, 15) is 4.79 Å². The first kappa shape index (κ1) is 15.2. The number of aromatic nitrogens is 1. The number of aryl methyl sites for hydroxylation is 1. The van der Waals surface area contributed by atoms with Gasteiger partial charge in [-0.05, 0) is 55.9 Å². The minimum absolute atomic E-state index is 0.0148. The molecule has 0 radical (unpaired) electrons. The lowest BCUT2D eigenvalue weighted by atomic mass is 10.0. The predicted octanol–water partition coefficient (Wildman–Crippen LogP) is 3.66. The number of para-hydroxylation sites is 1. The molecule has 2 aliphatic rings. The lowest BCUT2D eigenvalue weighted by Crippen LogP contribution is -2.36. The molecule has 1 aromatic heterocycles. The molecule has 0 bridgehead atoms. The van der Waals surface area contributed by atoms with Crippen molar-refractivity contribution >= 4 is 17.3 Å². The number of nitrogens with zero attached hydrogens (tertiary/aromatic N) is 3. The average molecular weight is 321 g/mol. The smallest absolute Gasteiger partial charge is 0.276 e. The van der Waals surface area contributed by atoms with Crippen molar-refractivity contribution in [1.29, 1.82) is 0 Å². The molecule has 1 saturated heterocycles. The Morgan fingerprint density at radius 1 is 0.958 bits per heavy atom. The lowest BCUT2D eigenvalue weighted by molar-refractivity contribution is 0.0980. The van der Waals surface area contributed by atoms with E-state index >= 15 is 0 Å². The highest BCUT2D eigenvalue weighted by atomic mass is 16.2. The first-order valence-electron chi connectivity index (χ1n) is 8.94. The molecule has 1 amide bonds. The summed E-state index contributed by atoms with van der Waals surface area (Å²) in [5, 5.41) is 0. The number of piperidine rings is 1. The van der Waals surface area contributed by atoms with Crippen LogP contribution in [0.1, 0.15) is 41.7 Å². The number of hydrogen-bond donors (Lipinski definition) is 0. The molecule has 0 atom stereocenters. The summed E-state index contributed by atoms with van der Waals surface area (Å²) in [5.74, 6) is 0.0148. The second-order valence-electron chi connectivity index (χ2n) is 6.64. The maximum atomic E-state index is 13.0. The van der Waals surface area contributed by atoms with Crippen LogP contribution in [0.5, 0.6) is 0 Å². The Balaban J connectivity index is 1.61. The van der Waals surface area contributed by atoms with Crippen LogP contribution in [0.25, 0.3) is 0 Å². The van der Waals surface area contributed by atoms with Crippen molar-refractivity contribution in [2.24, 2.45) is 0 Å². The van der Waals surface area contributed by atoms with E-state index in [2.05, 4.69) is 16.0 Å². The Labute approximate surface area is 143 Å². The standard InChI is InChI=1S/C20H23N3O/c24-20(23-14-6-8-16-7-2-3-9-19(16)23)18-15-17(10-11-21-18)22-12-4-1-5-13-22/h2-3,7,9-11,15H,1,4-6,8,12-14H2. The molecule has 1 fully saturated rings. The van der Waals surface area contributed by atoms with Gasteiger partial charge in [0.25, 0.3) is 5.91 Å². The van der Waals surface area contributed by atoms with Gasteiger partial charge >= 0.3 is 0 Å². The minimum Gasteiger partial charge on any atom is -0.371 e. The maximum absolute atomic E-state index is 13.0. The van der Waals surface area contributed by atoms with E-state index in [0.29, 0.717) is 5.69 Å². The van der Waals surface area contributed by atoms with E-state index in [4.69, 9.17) is 0 Å². The Morgan fingerprint density at radius 3 is 2.67 bits per heavy atom. The molecule has 0 N–H and O–H groups in total. The van der Waals surface area contributed by atoms with Gasteiger partial charge in [0.05, 0.1) is 0 Å². The van der Waals surface area contributed by atoms with Gasteiger partial charge in [-0.15, -0.1) is 0 Å². The maximum Gasteiger partial charge on any atom is 0.276 e. The summed E-state index contributed by atoms with van der Waals surface area (Å²) < 4.78 is 0. The third-order valence-corrected chi connectivity index (χ3v) is 5.04. The van der Waals surface area contributed by atoms with E-state index in [1.165, 1.54) is 24.8 Å². The van der Waals surface area contributed by atoms with E-state index in [1.54, 1.807) is 6.20 Å². The predicted molar refractivity (Wildman–Crippen MR) is 96.7 cm³/mol. The molecule has 0 saturated carbocycles. The van der Waals surface area contributed by atoms with Gasteiger partial charge in [0.2, 0.25) is 0 Å². The molecule has 0 spiro atoms. The Hall–Kier alpha value is -2.36. The third-order valence-electron chi connectivity index (χ3n) is 5.04. The van der Waals surface area contributed by atoms with Crippen molar-refractivity contribution < 1.29 is 4.79 Å². The molecular weight excluding hydrogens is 298 g/mol. The molecule has 4 heteroatoms. The minimum atomic E-state index is 0.0148. The number of carbonyl (C=O) groups excluding carboxylic acids is 1. The molecule has 124 valence electrons. The monoisotopic (exact) mass is 321 g/mol. The van der Waals surface area contributed by atoms with Crippen molar-refractivity contribution in [1.82, 2.24) is 4.98 Å². The van der Waals surface area contributed by atoms with Gasteiger partial charge in [0.1, 0.15) is 5.69 Å². The fourth-order valence-corrected chi connectivity index (χ4v) is 3.77. The number of pyridine rings is 1. The van der Waals surface area contributed by atoms with E-state index in [1.807, 2.05) is 35.2 Å². The SMILES string of the molecule is O=C(c1cc(N2CCCCC2)ccn1)N1CCCc2ccccc21. The Morgan fingerprint density at radius 2 is 1.79 bits per heavy atom. The first-order chi connectivity index (χ1) is 11.8. The van der Waals surface area contributed by atoms with Gasteiger partial charge in [-0.1, -0.05) is 18.2 Å². The summed E-state index contributed by atoms with van der Waals surface area (Å²) in [7, 11) is 0. The van der Waals surface area contributed by atoms with Crippen LogP contribution in [0.3, 0.4) is 0 Å². The summed E-state index contributed by atoms with van der Waals surface area (Å²) >= 11 is 0. The Kier molecular flexibility index (Phi) is 4.20. The highest BCUT2D eigenvalue weighted by Crippen LogP contribution is 2.28. The van der Waals surface area contributed by atoms with Crippen LogP contribution >= 0.6 is 0 Å². The highest BCUT2D eigenvalue weighted by Gasteiger charge is 2.24. The number of anilines is 2. The van der Waals surface area contributed by atoms with Crippen LogP contribution in [0, 0.1) is 0 Å². The normalized spacial score (nSPS) is 17.5. The lowest BCUT2D eigenvalue weighted by Gasteiger charge is -2.30. The molecular formula is C20H23N3O. The van der Waals surface area contributed by atoms with Crippen LogP contribution in [0.2, 0.25) is 0 Å². The molecule has 24 heavy (non-hydrogen) atoms. The zero-order valence-electron chi connectivity index (χ0n) is 13.9. The summed E-state index contributed by atoms with van der Waals surface area (Å²) in [6, 6.07) is 12.2. The summed E-state index contributed by atoms with van der Waals surface area (Å²) in [4.78, 5) is 21.7. The fraction of sp³-hybridized carbons (Fsp3) is 0.400. The van der Waals surface area contributed by atoms with Crippen LogP contribution in [-0.2, 0) is 6.42 Å². The van der Waals surface area contributed by atoms with Crippen LogP contribution in [0.15, 0.2) is 42.6 Å². The van der Waals surface area contributed by atoms with Crippen molar-refractivity contribution in [3.63, 3.8) is 0 Å². The van der Waals surface area contributed by atoms with Gasteiger partial charge in [0.15, 0.2) is 0 Å². The topological polar surface area (TPSA) is 36.4 Å². The molecule has 4 rings (SSSR count). The average Bonchev–Trinajstić information content (AvgIpc) is 2.68. The zero-order chi connectivity index (χ0) is 16.4. The van der Waals surface area contributed by atoms with Crippen molar-refractivity contribution in [2.45, 2.75) is 32.1 Å². The van der Waals surface area contributed by atoms with Crippen molar-refractivity contribution in [3.8, 4) is 0 Å². The second-order valence-corrected chi connectivity index (χ2v) is 6.64. The third kappa shape index (κ3) is 2.88. The van der Waals surface area contributed by atoms with E-state index in [-0.39, 0.29) is 5.91 Å². The van der Waals surface area contributed by atoms with E-state index < -0.39 is 0 Å². The highest BCUT2D eigenvalue weighted by molar-refractivity contribution is 6.05. The van der Waals surface area contributed by atoms with Crippen LogP contribution < -0.4 is 9.80 Å². The number of benzene rings is 1. The van der Waals surface area contributed by atoms with E-state index in [0.717, 1.165) is 43.9 Å². The molecule has 4 nitrogen and oxygen atoms in total. The van der Waals surface area contributed by atoms with Gasteiger partial charge in [-0.3, -0.25) is 9.78 Å². The van der Waals surface area contributed by atoms with Crippen molar-refractivity contribution in [3.05, 3.63) is 53.9 Å². The van der Waals surface area contributed by atoms with Gasteiger partial charge in [-0.25, -0.2) is 0 Å². The number of rotatable bonds is 2.